The van der Waals surface area contributed by atoms with Gasteiger partial charge in [0.2, 0.25) is 10.0 Å². The lowest BCUT2D eigenvalue weighted by Crippen LogP contribution is -2.39. The Labute approximate surface area is 203 Å². The van der Waals surface area contributed by atoms with Crippen LogP contribution in [-0.2, 0) is 14.8 Å². The van der Waals surface area contributed by atoms with Crippen molar-refractivity contribution in [2.45, 2.75) is 20.8 Å². The van der Waals surface area contributed by atoms with E-state index in [2.05, 4.69) is 10.5 Å². The number of rotatable bonds is 7. The average Bonchev–Trinajstić information content (AvgIpc) is 3.00. The number of nitrogens with zero attached hydrogens (tertiary/aromatic N) is 3. The molecule has 1 amide bonds. The fourth-order valence-corrected chi connectivity index (χ4v) is 4.92. The van der Waals surface area contributed by atoms with Gasteiger partial charge in [-0.3, -0.25) is 9.10 Å². The largest absolute Gasteiger partial charge is 0.316 e. The van der Waals surface area contributed by atoms with E-state index >= 15 is 0 Å². The van der Waals surface area contributed by atoms with E-state index in [1.165, 1.54) is 6.21 Å². The van der Waals surface area contributed by atoms with Crippen molar-refractivity contribution in [2.75, 3.05) is 17.1 Å². The number of hydrogen-bond donors (Lipinski definition) is 1. The van der Waals surface area contributed by atoms with Gasteiger partial charge in [0.05, 0.1) is 28.9 Å². The van der Waals surface area contributed by atoms with Crippen LogP contribution in [-0.4, -0.2) is 37.9 Å². The van der Waals surface area contributed by atoms with E-state index in [1.54, 1.807) is 43.3 Å². The van der Waals surface area contributed by atoms with Gasteiger partial charge in [-0.1, -0.05) is 41.4 Å². The second-order valence-corrected chi connectivity index (χ2v) is 10.4. The smallest absolute Gasteiger partial charge is 0.260 e. The lowest BCUT2D eigenvalue weighted by atomic mass is 10.2. The van der Waals surface area contributed by atoms with Gasteiger partial charge in [0.25, 0.3) is 5.91 Å². The number of carbonyl (C=O) groups excluding carboxylic acids is 1. The van der Waals surface area contributed by atoms with E-state index in [0.717, 1.165) is 38.8 Å². The molecule has 10 heteroatoms. The van der Waals surface area contributed by atoms with E-state index in [1.807, 2.05) is 30.5 Å². The Bertz CT molecular complexity index is 1330. The molecule has 1 N–H and O–H groups in total. The lowest BCUT2D eigenvalue weighted by molar-refractivity contribution is -0.119. The highest BCUT2D eigenvalue weighted by molar-refractivity contribution is 7.92. The summed E-state index contributed by atoms with van der Waals surface area (Å²) < 4.78 is 27.6. The zero-order valence-corrected chi connectivity index (χ0v) is 21.0. The summed E-state index contributed by atoms with van der Waals surface area (Å²) in [4.78, 5) is 12.5. The number of aromatic nitrogens is 1. The molecule has 0 aliphatic heterocycles. The molecular weight excluding hydrogens is 483 g/mol. The first-order chi connectivity index (χ1) is 15.5. The Hall–Kier alpha value is -2.81. The zero-order chi connectivity index (χ0) is 24.3. The molecule has 33 heavy (non-hydrogen) atoms. The summed E-state index contributed by atoms with van der Waals surface area (Å²) in [6.45, 7) is 5.23. The van der Waals surface area contributed by atoms with Crippen molar-refractivity contribution in [3.05, 3.63) is 81.1 Å². The molecule has 1 heterocycles. The Morgan fingerprint density at radius 3 is 2.45 bits per heavy atom. The molecule has 0 bridgehead atoms. The van der Waals surface area contributed by atoms with Gasteiger partial charge in [-0.25, -0.2) is 13.8 Å². The molecule has 2 aromatic carbocycles. The molecular formula is C23H24Cl2N4O3S. The standard InChI is InChI=1S/C23H24Cl2N4O3S/c1-15-7-5-6-8-21(15)28(33(4,31)32)14-23(30)27-26-13-18-11-16(2)29(17(18)3)22-10-9-19(24)12-20(22)25/h5-13H,14H2,1-4H3,(H,27,30)/b26-13-. The summed E-state index contributed by atoms with van der Waals surface area (Å²) in [6.07, 6.45) is 2.58. The molecule has 0 unspecified atom stereocenters. The molecule has 174 valence electrons. The maximum atomic E-state index is 12.5. The van der Waals surface area contributed by atoms with Gasteiger partial charge in [-0.2, -0.15) is 5.10 Å². The quantitative estimate of drug-likeness (QED) is 0.374. The fourth-order valence-electron chi connectivity index (χ4n) is 3.52. The summed E-state index contributed by atoms with van der Waals surface area (Å²) in [5.74, 6) is -0.561. The van der Waals surface area contributed by atoms with Crippen molar-refractivity contribution in [3.63, 3.8) is 0 Å². The summed E-state index contributed by atoms with van der Waals surface area (Å²) in [6, 6.07) is 14.1. The number of para-hydroxylation sites is 1. The summed E-state index contributed by atoms with van der Waals surface area (Å²) in [5.41, 5.74) is 6.95. The number of nitrogens with one attached hydrogen (secondary N) is 1. The highest BCUT2D eigenvalue weighted by atomic mass is 35.5. The molecule has 0 aliphatic carbocycles. The van der Waals surface area contributed by atoms with E-state index in [0.29, 0.717) is 15.7 Å². The maximum absolute atomic E-state index is 12.5. The highest BCUT2D eigenvalue weighted by Crippen LogP contribution is 2.28. The third kappa shape index (κ3) is 5.76. The Morgan fingerprint density at radius 1 is 1.12 bits per heavy atom. The number of benzene rings is 2. The van der Waals surface area contributed by atoms with Gasteiger partial charge >= 0.3 is 0 Å². The van der Waals surface area contributed by atoms with E-state index < -0.39 is 15.9 Å². The van der Waals surface area contributed by atoms with Gasteiger partial charge in [-0.15, -0.1) is 0 Å². The van der Waals surface area contributed by atoms with Crippen LogP contribution >= 0.6 is 23.2 Å². The molecule has 3 aromatic rings. The first-order valence-corrected chi connectivity index (χ1v) is 12.6. The average molecular weight is 507 g/mol. The van der Waals surface area contributed by atoms with Gasteiger partial charge < -0.3 is 4.57 Å². The van der Waals surface area contributed by atoms with E-state index in [4.69, 9.17) is 23.2 Å². The van der Waals surface area contributed by atoms with Crippen LogP contribution in [0.1, 0.15) is 22.5 Å². The van der Waals surface area contributed by atoms with Crippen LogP contribution in [0.15, 0.2) is 53.6 Å². The SMILES string of the molecule is Cc1ccccc1N(CC(=O)N/N=C\c1cc(C)n(-c2ccc(Cl)cc2Cl)c1C)S(C)(=O)=O. The fraction of sp³-hybridized carbons (Fsp3) is 0.217. The summed E-state index contributed by atoms with van der Waals surface area (Å²) >= 11 is 12.4. The van der Waals surface area contributed by atoms with Crippen molar-refractivity contribution in [3.8, 4) is 5.69 Å². The molecule has 0 aliphatic rings. The zero-order valence-electron chi connectivity index (χ0n) is 18.6. The topological polar surface area (TPSA) is 83.8 Å². The first kappa shape index (κ1) is 24.8. The lowest BCUT2D eigenvalue weighted by Gasteiger charge is -2.23. The third-order valence-electron chi connectivity index (χ3n) is 5.09. The molecule has 3 rings (SSSR count). The van der Waals surface area contributed by atoms with Crippen molar-refractivity contribution in [1.82, 2.24) is 9.99 Å². The highest BCUT2D eigenvalue weighted by Gasteiger charge is 2.22. The number of hydrogen-bond acceptors (Lipinski definition) is 4. The second kappa shape index (κ2) is 9.99. The van der Waals surface area contributed by atoms with Gasteiger partial charge in [0.1, 0.15) is 6.54 Å². The maximum Gasteiger partial charge on any atom is 0.260 e. The van der Waals surface area contributed by atoms with Gasteiger partial charge in [0, 0.05) is 22.0 Å². The van der Waals surface area contributed by atoms with Crippen molar-refractivity contribution >= 4 is 51.0 Å². The second-order valence-electron chi connectivity index (χ2n) is 7.61. The van der Waals surface area contributed by atoms with Crippen LogP contribution in [0.4, 0.5) is 5.69 Å². The molecule has 0 spiro atoms. The monoisotopic (exact) mass is 506 g/mol. The van der Waals surface area contributed by atoms with Crippen molar-refractivity contribution in [1.29, 1.82) is 0 Å². The molecule has 7 nitrogen and oxygen atoms in total. The minimum atomic E-state index is -3.66. The van der Waals surface area contributed by atoms with E-state index in [-0.39, 0.29) is 6.54 Å². The molecule has 0 fully saturated rings. The molecule has 0 saturated carbocycles. The predicted molar refractivity (Wildman–Crippen MR) is 134 cm³/mol. The molecule has 0 radical (unpaired) electrons. The van der Waals surface area contributed by atoms with Crippen LogP contribution in [0.3, 0.4) is 0 Å². The van der Waals surface area contributed by atoms with Crippen LogP contribution in [0.5, 0.6) is 0 Å². The number of aryl methyl sites for hydroxylation is 2. The van der Waals surface area contributed by atoms with Crippen LogP contribution in [0.2, 0.25) is 10.0 Å². The Morgan fingerprint density at radius 2 is 1.82 bits per heavy atom. The summed E-state index contributed by atoms with van der Waals surface area (Å²) in [7, 11) is -3.66. The number of anilines is 1. The number of amides is 1. The third-order valence-corrected chi connectivity index (χ3v) is 6.75. The van der Waals surface area contributed by atoms with Gasteiger partial charge in [-0.05, 0) is 56.7 Å². The minimum absolute atomic E-state index is 0.388. The number of halogens is 2. The Kier molecular flexibility index (Phi) is 7.51. The minimum Gasteiger partial charge on any atom is -0.316 e. The Balaban J connectivity index is 1.77. The number of hydrazone groups is 1. The summed E-state index contributed by atoms with van der Waals surface area (Å²) in [5, 5.41) is 5.08. The van der Waals surface area contributed by atoms with E-state index in [9.17, 15) is 13.2 Å². The number of carbonyl (C=O) groups is 1. The molecule has 0 saturated heterocycles. The molecule has 0 atom stereocenters. The molecule has 1 aromatic heterocycles. The normalized spacial score (nSPS) is 11.7. The van der Waals surface area contributed by atoms with Crippen molar-refractivity contribution in [2.24, 2.45) is 5.10 Å². The van der Waals surface area contributed by atoms with Crippen molar-refractivity contribution < 1.29 is 13.2 Å². The van der Waals surface area contributed by atoms with Crippen LogP contribution in [0.25, 0.3) is 5.69 Å². The van der Waals surface area contributed by atoms with Gasteiger partial charge in [0.15, 0.2) is 0 Å². The first-order valence-electron chi connectivity index (χ1n) is 9.98. The predicted octanol–water partition coefficient (Wildman–Crippen LogP) is 4.63. The van der Waals surface area contributed by atoms with Crippen LogP contribution < -0.4 is 9.73 Å². The van der Waals surface area contributed by atoms with Crippen LogP contribution in [0, 0.1) is 20.8 Å². The number of sulfonamides is 1.